The maximum atomic E-state index is 5.35. The minimum atomic E-state index is -0.0364. The molecule has 11 aromatic rings. The molecule has 0 amide bonds. The Hall–Kier alpha value is -7.72. The van der Waals surface area contributed by atoms with Crippen LogP contribution in [0.25, 0.3) is 110 Å². The first kappa shape index (κ1) is 38.0. The molecule has 0 aliphatic heterocycles. The monoisotopic (exact) mass is 834 g/mol. The van der Waals surface area contributed by atoms with E-state index in [1.54, 1.807) is 0 Å². The Morgan fingerprint density at radius 2 is 0.812 bits per heavy atom. The molecule has 2 nitrogen and oxygen atoms in total. The molecule has 1 aliphatic rings. The van der Waals surface area contributed by atoms with Gasteiger partial charge in [0.05, 0.1) is 11.4 Å². The van der Waals surface area contributed by atoms with Gasteiger partial charge in [0, 0.05) is 42.3 Å². The normalized spacial score (nSPS) is 12.7. The zero-order valence-electron chi connectivity index (χ0n) is 35.6. The van der Waals surface area contributed by atoms with Crippen molar-refractivity contribution in [1.82, 2.24) is 9.97 Å². The molecule has 64 heavy (non-hydrogen) atoms. The van der Waals surface area contributed by atoms with Crippen molar-refractivity contribution < 1.29 is 0 Å². The van der Waals surface area contributed by atoms with Gasteiger partial charge in [-0.05, 0) is 121 Å². The van der Waals surface area contributed by atoms with E-state index >= 15 is 0 Å². The van der Waals surface area contributed by atoms with Crippen LogP contribution in [0.2, 0.25) is 0 Å². The largest absolute Gasteiger partial charge is 0.228 e. The van der Waals surface area contributed by atoms with E-state index in [0.29, 0.717) is 5.82 Å². The van der Waals surface area contributed by atoms with Gasteiger partial charge in [0.15, 0.2) is 5.82 Å². The molecule has 0 fully saturated rings. The van der Waals surface area contributed by atoms with Crippen LogP contribution in [-0.2, 0) is 5.41 Å². The topological polar surface area (TPSA) is 25.8 Å². The lowest BCUT2D eigenvalue weighted by atomic mass is 9.82. The highest BCUT2D eigenvalue weighted by Crippen LogP contribution is 2.49. The van der Waals surface area contributed by atoms with Crippen LogP contribution in [0.5, 0.6) is 0 Å². The van der Waals surface area contributed by atoms with Gasteiger partial charge in [-0.1, -0.05) is 178 Å². The highest BCUT2D eigenvalue weighted by molar-refractivity contribution is 7.25. The van der Waals surface area contributed by atoms with Gasteiger partial charge in [-0.2, -0.15) is 0 Å². The quantitative estimate of drug-likeness (QED) is 0.160. The van der Waals surface area contributed by atoms with Crippen LogP contribution in [0.3, 0.4) is 0 Å². The Morgan fingerprint density at radius 1 is 0.312 bits per heavy atom. The fourth-order valence-corrected chi connectivity index (χ4v) is 10.8. The van der Waals surface area contributed by atoms with Crippen molar-refractivity contribution in [3.63, 3.8) is 0 Å². The zero-order valence-corrected chi connectivity index (χ0v) is 36.4. The molecule has 0 unspecified atom stereocenters. The average Bonchev–Trinajstić information content (AvgIpc) is 3.85. The molecule has 0 bridgehead atoms. The molecule has 0 radical (unpaired) electrons. The molecule has 12 rings (SSSR count). The molecule has 0 atom stereocenters. The fraction of sp³-hybridized carbons (Fsp3) is 0.0492. The van der Waals surface area contributed by atoms with E-state index < -0.39 is 0 Å². The third kappa shape index (κ3) is 6.64. The average molecular weight is 835 g/mol. The highest BCUT2D eigenvalue weighted by atomic mass is 32.1. The number of rotatable bonds is 7. The van der Waals surface area contributed by atoms with Crippen molar-refractivity contribution in [2.75, 3.05) is 0 Å². The fourth-order valence-electron chi connectivity index (χ4n) is 9.72. The number of nitrogens with zero attached hydrogens (tertiary/aromatic N) is 2. The van der Waals surface area contributed by atoms with Crippen LogP contribution in [0.4, 0.5) is 0 Å². The molecule has 2 aromatic heterocycles. The van der Waals surface area contributed by atoms with E-state index in [0.717, 1.165) is 50.3 Å². The maximum absolute atomic E-state index is 5.35. The maximum Gasteiger partial charge on any atom is 0.160 e. The molecule has 0 saturated carbocycles. The number of thiophene rings is 1. The molecule has 302 valence electrons. The summed E-state index contributed by atoms with van der Waals surface area (Å²) in [6.45, 7) is 4.67. The van der Waals surface area contributed by atoms with Crippen molar-refractivity contribution in [2.24, 2.45) is 0 Å². The van der Waals surface area contributed by atoms with Gasteiger partial charge < -0.3 is 0 Å². The summed E-state index contributed by atoms with van der Waals surface area (Å²) in [7, 11) is 0. The second kappa shape index (κ2) is 15.3. The second-order valence-electron chi connectivity index (χ2n) is 17.4. The highest BCUT2D eigenvalue weighted by Gasteiger charge is 2.35. The second-order valence-corrected chi connectivity index (χ2v) is 18.5. The van der Waals surface area contributed by atoms with E-state index in [2.05, 4.69) is 226 Å². The van der Waals surface area contributed by atoms with Crippen molar-refractivity contribution in [3.8, 4) is 89.5 Å². The number of fused-ring (bicyclic) bond motifs is 6. The Kier molecular flexibility index (Phi) is 9.06. The zero-order chi connectivity index (χ0) is 42.8. The van der Waals surface area contributed by atoms with Gasteiger partial charge in [0.25, 0.3) is 0 Å². The lowest BCUT2D eigenvalue weighted by Crippen LogP contribution is -2.14. The van der Waals surface area contributed by atoms with E-state index in [4.69, 9.17) is 9.97 Å². The number of benzene rings is 9. The van der Waals surface area contributed by atoms with Crippen LogP contribution < -0.4 is 0 Å². The summed E-state index contributed by atoms with van der Waals surface area (Å²) in [6, 6.07) is 79.2. The lowest BCUT2D eigenvalue weighted by molar-refractivity contribution is 0.660. The minimum Gasteiger partial charge on any atom is -0.228 e. The summed E-state index contributed by atoms with van der Waals surface area (Å²) in [6.07, 6.45) is 0. The van der Waals surface area contributed by atoms with E-state index in [-0.39, 0.29) is 5.41 Å². The Bertz CT molecular complexity index is 3560. The number of aromatic nitrogens is 2. The predicted octanol–water partition coefficient (Wildman–Crippen LogP) is 16.8. The first-order valence-electron chi connectivity index (χ1n) is 22.0. The van der Waals surface area contributed by atoms with Crippen molar-refractivity contribution >= 4 is 31.5 Å². The van der Waals surface area contributed by atoms with Gasteiger partial charge in [0.1, 0.15) is 0 Å². The summed E-state index contributed by atoms with van der Waals surface area (Å²) < 4.78 is 2.60. The lowest BCUT2D eigenvalue weighted by Gasteiger charge is -2.21. The van der Waals surface area contributed by atoms with Crippen molar-refractivity contribution in [1.29, 1.82) is 0 Å². The molecule has 0 spiro atoms. The third-order valence-electron chi connectivity index (χ3n) is 13.1. The Morgan fingerprint density at radius 3 is 1.61 bits per heavy atom. The van der Waals surface area contributed by atoms with Gasteiger partial charge in [-0.3, -0.25) is 0 Å². The van der Waals surface area contributed by atoms with Crippen molar-refractivity contribution in [2.45, 2.75) is 19.3 Å². The standard InChI is InChI=1S/C61H42N2S/c1-61(2)54-22-11-9-20-50(54)52-36-44(28-30-55(52)61)43-18-13-19-46(32-43)56-38-57(63-60(62-56)42-16-7-4-8-17-42)49-34-47(41-26-24-40(25-27-41)39-14-5-3-6-15-39)33-48(35-49)45-29-31-59-53(37-45)51-21-10-12-23-58(51)64-59/h3-38H,1-2H3. The van der Waals surface area contributed by atoms with Crippen LogP contribution >= 0.6 is 11.3 Å². The summed E-state index contributed by atoms with van der Waals surface area (Å²) in [4.78, 5) is 10.6. The molecule has 2 heterocycles. The molecule has 1 aliphatic carbocycles. The number of hydrogen-bond acceptors (Lipinski definition) is 3. The van der Waals surface area contributed by atoms with Crippen molar-refractivity contribution in [3.05, 3.63) is 230 Å². The molecule has 0 N–H and O–H groups in total. The van der Waals surface area contributed by atoms with Gasteiger partial charge in [-0.15, -0.1) is 11.3 Å². The first-order valence-corrected chi connectivity index (χ1v) is 22.8. The third-order valence-corrected chi connectivity index (χ3v) is 14.2. The summed E-state index contributed by atoms with van der Waals surface area (Å²) >= 11 is 1.85. The Labute approximate surface area is 377 Å². The van der Waals surface area contributed by atoms with Crippen LogP contribution in [-0.4, -0.2) is 9.97 Å². The van der Waals surface area contributed by atoms with E-state index in [1.165, 1.54) is 64.7 Å². The van der Waals surface area contributed by atoms with E-state index in [9.17, 15) is 0 Å². The summed E-state index contributed by atoms with van der Waals surface area (Å²) in [5, 5.41) is 2.57. The van der Waals surface area contributed by atoms with Gasteiger partial charge >= 0.3 is 0 Å². The molecule has 0 saturated heterocycles. The van der Waals surface area contributed by atoms with Gasteiger partial charge in [0.2, 0.25) is 0 Å². The molecule has 9 aromatic carbocycles. The smallest absolute Gasteiger partial charge is 0.160 e. The first-order chi connectivity index (χ1) is 31.4. The molecular weight excluding hydrogens is 793 g/mol. The minimum absolute atomic E-state index is 0.0364. The molecule has 3 heteroatoms. The van der Waals surface area contributed by atoms with Crippen LogP contribution in [0, 0.1) is 0 Å². The van der Waals surface area contributed by atoms with Crippen LogP contribution in [0.1, 0.15) is 25.0 Å². The summed E-state index contributed by atoms with van der Waals surface area (Å²) in [5.41, 5.74) is 19.5. The predicted molar refractivity (Wildman–Crippen MR) is 271 cm³/mol. The summed E-state index contributed by atoms with van der Waals surface area (Å²) in [5.74, 6) is 0.695. The SMILES string of the molecule is CC1(C)c2ccccc2-c2cc(-c3cccc(-c4cc(-c5cc(-c6ccc(-c7ccccc7)cc6)cc(-c6ccc7sc8ccccc8c7c6)c5)nc(-c5ccccc5)n4)c3)ccc21. The number of hydrogen-bond donors (Lipinski definition) is 0. The van der Waals surface area contributed by atoms with Crippen LogP contribution in [0.15, 0.2) is 218 Å². The Balaban J connectivity index is 1.01. The molecular formula is C61H42N2S. The van der Waals surface area contributed by atoms with E-state index in [1.807, 2.05) is 17.4 Å². The van der Waals surface area contributed by atoms with Gasteiger partial charge in [-0.25, -0.2) is 9.97 Å².